The minimum Gasteiger partial charge on any atom is -0.457 e. The van der Waals surface area contributed by atoms with Gasteiger partial charge in [0.1, 0.15) is 12.3 Å². The summed E-state index contributed by atoms with van der Waals surface area (Å²) in [6.07, 6.45) is 0. The molecule has 0 aliphatic rings. The Balaban J connectivity index is 1.76. The summed E-state index contributed by atoms with van der Waals surface area (Å²) in [5, 5.41) is 0.887. The van der Waals surface area contributed by atoms with Crippen LogP contribution in [-0.4, -0.2) is 28.9 Å². The number of aromatic nitrogens is 1. The van der Waals surface area contributed by atoms with Crippen LogP contribution in [0.5, 0.6) is 0 Å². The number of benzene rings is 1. The molecule has 0 aliphatic heterocycles. The van der Waals surface area contributed by atoms with E-state index in [-0.39, 0.29) is 0 Å². The van der Waals surface area contributed by atoms with Gasteiger partial charge in [-0.25, -0.2) is 9.98 Å². The molecule has 2 aromatic heterocycles. The van der Waals surface area contributed by atoms with Crippen LogP contribution in [0.3, 0.4) is 0 Å². The van der Waals surface area contributed by atoms with Crippen LogP contribution in [0.25, 0.3) is 21.0 Å². The van der Waals surface area contributed by atoms with Crippen LogP contribution in [0.1, 0.15) is 19.6 Å². The highest BCUT2D eigenvalue weighted by molar-refractivity contribution is 7.21. The van der Waals surface area contributed by atoms with Gasteiger partial charge in [-0.1, -0.05) is 12.1 Å². The lowest BCUT2D eigenvalue weighted by molar-refractivity contribution is 0.455. The molecule has 2 N–H and O–H groups in total. The maximum Gasteiger partial charge on any atom is 0.191 e. The van der Waals surface area contributed by atoms with E-state index in [4.69, 9.17) is 10.2 Å². The van der Waals surface area contributed by atoms with Gasteiger partial charge in [0.15, 0.2) is 16.7 Å². The number of hydrogen-bond donors (Lipinski definition) is 1. The molecule has 0 bridgehead atoms. The van der Waals surface area contributed by atoms with E-state index in [1.54, 1.807) is 11.3 Å². The minimum atomic E-state index is 0.438. The first kappa shape index (κ1) is 15.6. The van der Waals surface area contributed by atoms with Gasteiger partial charge in [-0.15, -0.1) is 11.3 Å². The molecule has 0 atom stereocenters. The standard InChI is InChI=1S/C17H20N4OS/c1-3-21(4-2)17(18)19-11-12-9-10-14(22-12)16-20-13-7-5-6-8-15(13)23-16/h5-10H,3-4,11H2,1-2H3,(H2,18,19). The second-order valence-electron chi connectivity index (χ2n) is 5.10. The molecule has 6 heteroatoms. The summed E-state index contributed by atoms with van der Waals surface area (Å²) in [6.45, 7) is 6.25. The summed E-state index contributed by atoms with van der Waals surface area (Å²) in [4.78, 5) is 11.0. The fourth-order valence-corrected chi connectivity index (χ4v) is 3.29. The fourth-order valence-electron chi connectivity index (χ4n) is 2.36. The third kappa shape index (κ3) is 3.37. The van der Waals surface area contributed by atoms with Crippen molar-refractivity contribution in [2.45, 2.75) is 20.4 Å². The number of thiazole rings is 1. The van der Waals surface area contributed by atoms with Gasteiger partial charge in [-0.05, 0) is 38.1 Å². The highest BCUT2D eigenvalue weighted by atomic mass is 32.1. The number of guanidine groups is 1. The van der Waals surface area contributed by atoms with E-state index in [1.807, 2.05) is 35.2 Å². The van der Waals surface area contributed by atoms with Crippen LogP contribution in [0, 0.1) is 0 Å². The van der Waals surface area contributed by atoms with Crippen LogP contribution in [-0.2, 0) is 6.54 Å². The maximum absolute atomic E-state index is 5.98. The van der Waals surface area contributed by atoms with Crippen molar-refractivity contribution in [3.8, 4) is 10.8 Å². The van der Waals surface area contributed by atoms with Crippen LogP contribution in [0.4, 0.5) is 0 Å². The normalized spacial score (nSPS) is 12.0. The molecule has 0 aliphatic carbocycles. The molecule has 0 spiro atoms. The molecule has 23 heavy (non-hydrogen) atoms. The van der Waals surface area contributed by atoms with Gasteiger partial charge < -0.3 is 15.1 Å². The first-order valence-corrected chi connectivity index (χ1v) is 8.52. The molecule has 0 unspecified atom stereocenters. The summed E-state index contributed by atoms with van der Waals surface area (Å²) in [7, 11) is 0. The zero-order valence-electron chi connectivity index (χ0n) is 13.3. The van der Waals surface area contributed by atoms with Crippen LogP contribution in [0.15, 0.2) is 45.8 Å². The van der Waals surface area contributed by atoms with Crippen molar-refractivity contribution in [2.24, 2.45) is 10.7 Å². The fraction of sp³-hybridized carbons (Fsp3) is 0.294. The molecular weight excluding hydrogens is 308 g/mol. The Hall–Kier alpha value is -2.34. The number of para-hydroxylation sites is 1. The Labute approximate surface area is 139 Å². The second-order valence-corrected chi connectivity index (χ2v) is 6.13. The molecule has 5 nitrogen and oxygen atoms in total. The van der Waals surface area contributed by atoms with Crippen molar-refractivity contribution in [2.75, 3.05) is 13.1 Å². The predicted molar refractivity (Wildman–Crippen MR) is 95.6 cm³/mol. The van der Waals surface area contributed by atoms with Gasteiger partial charge in [-0.3, -0.25) is 0 Å². The summed E-state index contributed by atoms with van der Waals surface area (Å²) in [5.74, 6) is 2.11. The molecule has 0 radical (unpaired) electrons. The van der Waals surface area contributed by atoms with Crippen molar-refractivity contribution in [1.29, 1.82) is 0 Å². The van der Waals surface area contributed by atoms with E-state index in [0.717, 1.165) is 39.8 Å². The lowest BCUT2D eigenvalue weighted by atomic mass is 10.3. The molecule has 0 saturated carbocycles. The van der Waals surface area contributed by atoms with Crippen molar-refractivity contribution in [1.82, 2.24) is 9.88 Å². The third-order valence-corrected chi connectivity index (χ3v) is 4.70. The van der Waals surface area contributed by atoms with E-state index < -0.39 is 0 Å². The van der Waals surface area contributed by atoms with Gasteiger partial charge in [0.05, 0.1) is 10.2 Å². The van der Waals surface area contributed by atoms with E-state index in [2.05, 4.69) is 29.9 Å². The minimum absolute atomic E-state index is 0.438. The van der Waals surface area contributed by atoms with E-state index in [1.165, 1.54) is 0 Å². The topological polar surface area (TPSA) is 67.7 Å². The average molecular weight is 328 g/mol. The van der Waals surface area contributed by atoms with Gasteiger partial charge >= 0.3 is 0 Å². The molecule has 3 rings (SSSR count). The molecule has 0 amide bonds. The second kappa shape index (κ2) is 6.83. The van der Waals surface area contributed by atoms with Crippen molar-refractivity contribution < 1.29 is 4.42 Å². The summed E-state index contributed by atoms with van der Waals surface area (Å²) < 4.78 is 7.02. The summed E-state index contributed by atoms with van der Waals surface area (Å²) in [6, 6.07) is 12.0. The number of fused-ring (bicyclic) bond motifs is 1. The van der Waals surface area contributed by atoms with Crippen molar-refractivity contribution in [3.63, 3.8) is 0 Å². The number of rotatable bonds is 5. The number of aliphatic imine (C=N–C) groups is 1. The Morgan fingerprint density at radius 1 is 1.22 bits per heavy atom. The highest BCUT2D eigenvalue weighted by Crippen LogP contribution is 2.31. The monoisotopic (exact) mass is 328 g/mol. The average Bonchev–Trinajstić information content (AvgIpc) is 3.20. The molecule has 3 aromatic rings. The molecule has 0 fully saturated rings. The smallest absolute Gasteiger partial charge is 0.191 e. The van der Waals surface area contributed by atoms with Gasteiger partial charge in [-0.2, -0.15) is 0 Å². The van der Waals surface area contributed by atoms with Crippen LogP contribution < -0.4 is 5.73 Å². The number of furan rings is 1. The third-order valence-electron chi connectivity index (χ3n) is 3.65. The number of hydrogen-bond acceptors (Lipinski definition) is 4. The van der Waals surface area contributed by atoms with E-state index in [0.29, 0.717) is 12.5 Å². The first-order chi connectivity index (χ1) is 11.2. The largest absolute Gasteiger partial charge is 0.457 e. The van der Waals surface area contributed by atoms with Gasteiger partial charge in [0, 0.05) is 13.1 Å². The number of nitrogens with zero attached hydrogens (tertiary/aromatic N) is 3. The first-order valence-electron chi connectivity index (χ1n) is 7.70. The quantitative estimate of drug-likeness (QED) is 0.572. The van der Waals surface area contributed by atoms with Crippen LogP contribution in [0.2, 0.25) is 0 Å². The van der Waals surface area contributed by atoms with E-state index in [9.17, 15) is 0 Å². The lowest BCUT2D eigenvalue weighted by Crippen LogP contribution is -2.36. The molecule has 2 heterocycles. The molecule has 0 saturated heterocycles. The van der Waals surface area contributed by atoms with Crippen molar-refractivity contribution >= 4 is 27.5 Å². The Morgan fingerprint density at radius 2 is 2.00 bits per heavy atom. The Bertz CT molecular complexity index is 784. The van der Waals surface area contributed by atoms with Gasteiger partial charge in [0.2, 0.25) is 0 Å². The SMILES string of the molecule is CCN(CC)C(N)=NCc1ccc(-c2nc3ccccc3s2)o1. The van der Waals surface area contributed by atoms with E-state index >= 15 is 0 Å². The summed E-state index contributed by atoms with van der Waals surface area (Å²) >= 11 is 1.63. The molecular formula is C17H20N4OS. The predicted octanol–water partition coefficient (Wildman–Crippen LogP) is 3.71. The van der Waals surface area contributed by atoms with Gasteiger partial charge in [0.25, 0.3) is 0 Å². The molecule has 1 aromatic carbocycles. The summed E-state index contributed by atoms with van der Waals surface area (Å²) in [5.41, 5.74) is 6.97. The van der Waals surface area contributed by atoms with Crippen molar-refractivity contribution in [3.05, 3.63) is 42.2 Å². The maximum atomic E-state index is 5.98. The molecule has 120 valence electrons. The Morgan fingerprint density at radius 3 is 2.74 bits per heavy atom. The zero-order valence-corrected chi connectivity index (χ0v) is 14.1. The lowest BCUT2D eigenvalue weighted by Gasteiger charge is -2.18. The Kier molecular flexibility index (Phi) is 4.62. The highest BCUT2D eigenvalue weighted by Gasteiger charge is 2.10. The van der Waals surface area contributed by atoms with Crippen LogP contribution >= 0.6 is 11.3 Å². The number of nitrogens with two attached hydrogens (primary N) is 1. The zero-order chi connectivity index (χ0) is 16.2.